The number of hydrogen-bond acceptors (Lipinski definition) is 5. The second-order valence-electron chi connectivity index (χ2n) is 7.80. The summed E-state index contributed by atoms with van der Waals surface area (Å²) in [6.07, 6.45) is 6.04. The van der Waals surface area contributed by atoms with Crippen molar-refractivity contribution in [2.45, 2.75) is 26.3 Å². The zero-order valence-corrected chi connectivity index (χ0v) is 19.3. The molecule has 8 heteroatoms. The molecule has 0 unspecified atom stereocenters. The van der Waals surface area contributed by atoms with E-state index in [0.29, 0.717) is 0 Å². The molecule has 2 aromatic rings. The monoisotopic (exact) mass is 428 g/mol. The van der Waals surface area contributed by atoms with E-state index in [1.54, 1.807) is 14.2 Å². The first-order chi connectivity index (χ1) is 15.1. The van der Waals surface area contributed by atoms with Gasteiger partial charge in [-0.3, -0.25) is 14.6 Å². The molecule has 3 rings (SSSR count). The van der Waals surface area contributed by atoms with Gasteiger partial charge in [-0.2, -0.15) is 5.10 Å². The van der Waals surface area contributed by atoms with Crippen LogP contribution in [-0.4, -0.2) is 79.0 Å². The van der Waals surface area contributed by atoms with Gasteiger partial charge >= 0.3 is 0 Å². The molecule has 0 saturated carbocycles. The summed E-state index contributed by atoms with van der Waals surface area (Å²) in [6.45, 7) is 8.56. The van der Waals surface area contributed by atoms with Crippen molar-refractivity contribution in [2.24, 2.45) is 12.0 Å². The number of rotatable bonds is 9. The summed E-state index contributed by atoms with van der Waals surface area (Å²) in [4.78, 5) is 9.69. The van der Waals surface area contributed by atoms with Crippen molar-refractivity contribution in [2.75, 3.05) is 53.5 Å². The van der Waals surface area contributed by atoms with Gasteiger partial charge in [-0.15, -0.1) is 0 Å². The lowest BCUT2D eigenvalue weighted by Gasteiger charge is -2.36. The number of methoxy groups -OCH3 is 2. The van der Waals surface area contributed by atoms with Crippen LogP contribution >= 0.6 is 0 Å². The molecule has 1 aliphatic heterocycles. The van der Waals surface area contributed by atoms with Crippen molar-refractivity contribution in [1.29, 1.82) is 0 Å². The molecule has 1 fully saturated rings. The van der Waals surface area contributed by atoms with Gasteiger partial charge in [0.2, 0.25) is 0 Å². The van der Waals surface area contributed by atoms with E-state index in [1.807, 2.05) is 30.1 Å². The predicted octanol–water partition coefficient (Wildman–Crippen LogP) is 2.15. The van der Waals surface area contributed by atoms with Gasteiger partial charge in [0.05, 0.1) is 20.4 Å². The van der Waals surface area contributed by atoms with E-state index in [2.05, 4.69) is 39.4 Å². The third-order valence-corrected chi connectivity index (χ3v) is 5.53. The molecule has 1 N–H and O–H groups in total. The number of guanidine groups is 1. The fraction of sp³-hybridized carbons (Fsp3) is 0.565. The highest BCUT2D eigenvalue weighted by atomic mass is 16.5. The SMILES string of the molecule is CCNC(=NCCCc1cnn(C)c1)N1CCN(Cc2cc(OC)ccc2OC)CC1. The highest BCUT2D eigenvalue weighted by Gasteiger charge is 2.20. The van der Waals surface area contributed by atoms with E-state index in [-0.39, 0.29) is 0 Å². The maximum absolute atomic E-state index is 5.54. The summed E-state index contributed by atoms with van der Waals surface area (Å²) in [5, 5.41) is 7.69. The minimum absolute atomic E-state index is 0.818. The van der Waals surface area contributed by atoms with E-state index in [9.17, 15) is 0 Å². The van der Waals surface area contributed by atoms with Gasteiger partial charge in [0.15, 0.2) is 5.96 Å². The van der Waals surface area contributed by atoms with E-state index < -0.39 is 0 Å². The second-order valence-corrected chi connectivity index (χ2v) is 7.80. The number of aliphatic imine (C=N–C) groups is 1. The van der Waals surface area contributed by atoms with Crippen molar-refractivity contribution in [3.05, 3.63) is 41.7 Å². The minimum Gasteiger partial charge on any atom is -0.497 e. The number of ether oxygens (including phenoxy) is 2. The maximum atomic E-state index is 5.54. The number of benzene rings is 1. The molecular formula is C23H36N6O2. The zero-order valence-electron chi connectivity index (χ0n) is 19.3. The van der Waals surface area contributed by atoms with E-state index in [1.165, 1.54) is 5.56 Å². The Morgan fingerprint density at radius 2 is 1.97 bits per heavy atom. The summed E-state index contributed by atoms with van der Waals surface area (Å²) < 4.78 is 12.8. The highest BCUT2D eigenvalue weighted by molar-refractivity contribution is 5.80. The summed E-state index contributed by atoms with van der Waals surface area (Å²) >= 11 is 0. The van der Waals surface area contributed by atoms with Crippen LogP contribution in [-0.2, 0) is 20.0 Å². The Labute approximate surface area is 185 Å². The Morgan fingerprint density at radius 3 is 2.61 bits per heavy atom. The molecule has 0 aliphatic carbocycles. The van der Waals surface area contributed by atoms with Gasteiger partial charge in [-0.25, -0.2) is 0 Å². The summed E-state index contributed by atoms with van der Waals surface area (Å²) in [6, 6.07) is 5.98. The van der Waals surface area contributed by atoms with Crippen molar-refractivity contribution in [3.63, 3.8) is 0 Å². The van der Waals surface area contributed by atoms with Gasteiger partial charge in [0, 0.05) is 64.6 Å². The second kappa shape index (κ2) is 11.6. The molecule has 1 aromatic heterocycles. The van der Waals surface area contributed by atoms with E-state index in [4.69, 9.17) is 14.5 Å². The number of nitrogens with one attached hydrogen (secondary N) is 1. The van der Waals surface area contributed by atoms with E-state index in [0.717, 1.165) is 81.7 Å². The third kappa shape index (κ3) is 6.62. The molecule has 0 amide bonds. The predicted molar refractivity (Wildman–Crippen MR) is 124 cm³/mol. The van der Waals surface area contributed by atoms with Gasteiger partial charge < -0.3 is 19.7 Å². The Morgan fingerprint density at radius 1 is 1.16 bits per heavy atom. The molecule has 0 spiro atoms. The van der Waals surface area contributed by atoms with Crippen LogP contribution in [0.1, 0.15) is 24.5 Å². The molecule has 8 nitrogen and oxygen atoms in total. The molecule has 31 heavy (non-hydrogen) atoms. The van der Waals surface area contributed by atoms with Crippen molar-refractivity contribution in [1.82, 2.24) is 24.9 Å². The van der Waals surface area contributed by atoms with Crippen LogP contribution in [0, 0.1) is 0 Å². The van der Waals surface area contributed by atoms with Crippen molar-refractivity contribution < 1.29 is 9.47 Å². The summed E-state index contributed by atoms with van der Waals surface area (Å²) in [5.41, 5.74) is 2.43. The molecule has 1 aliphatic rings. The molecule has 0 radical (unpaired) electrons. The molecule has 0 bridgehead atoms. The number of hydrogen-bond donors (Lipinski definition) is 1. The van der Waals surface area contributed by atoms with E-state index >= 15 is 0 Å². The standard InChI is InChI=1S/C23H36N6O2/c1-5-24-23(25-10-6-7-19-16-26-27(2)17-19)29-13-11-28(12-14-29)18-20-15-21(30-3)8-9-22(20)31-4/h8-9,15-17H,5-7,10-14,18H2,1-4H3,(H,24,25). The smallest absolute Gasteiger partial charge is 0.194 e. The van der Waals surface area contributed by atoms with Crippen LogP contribution in [0.3, 0.4) is 0 Å². The van der Waals surface area contributed by atoms with Gasteiger partial charge in [0.1, 0.15) is 11.5 Å². The number of aromatic nitrogens is 2. The fourth-order valence-corrected chi connectivity index (χ4v) is 3.86. The van der Waals surface area contributed by atoms with Gasteiger partial charge in [0.25, 0.3) is 0 Å². The summed E-state index contributed by atoms with van der Waals surface area (Å²) in [7, 11) is 5.37. The number of piperazine rings is 1. The first-order valence-corrected chi connectivity index (χ1v) is 11.1. The van der Waals surface area contributed by atoms with Crippen LogP contribution in [0.5, 0.6) is 11.5 Å². The lowest BCUT2D eigenvalue weighted by molar-refractivity contribution is 0.171. The van der Waals surface area contributed by atoms with Crippen LogP contribution in [0.15, 0.2) is 35.6 Å². The first-order valence-electron chi connectivity index (χ1n) is 11.1. The highest BCUT2D eigenvalue weighted by Crippen LogP contribution is 2.25. The third-order valence-electron chi connectivity index (χ3n) is 5.53. The normalized spacial score (nSPS) is 15.2. The Balaban J connectivity index is 1.51. The Hall–Kier alpha value is -2.74. The number of aryl methyl sites for hydroxylation is 2. The molecule has 0 atom stereocenters. The summed E-state index contributed by atoms with van der Waals surface area (Å²) in [5.74, 6) is 2.79. The number of nitrogens with zero attached hydrogens (tertiary/aromatic N) is 5. The van der Waals surface area contributed by atoms with Crippen LogP contribution in [0.2, 0.25) is 0 Å². The minimum atomic E-state index is 0.818. The van der Waals surface area contributed by atoms with Crippen molar-refractivity contribution >= 4 is 5.96 Å². The zero-order chi connectivity index (χ0) is 22.1. The fourth-order valence-electron chi connectivity index (χ4n) is 3.86. The van der Waals surface area contributed by atoms with Crippen molar-refractivity contribution in [3.8, 4) is 11.5 Å². The Kier molecular flexibility index (Phi) is 8.58. The molecule has 1 aromatic carbocycles. The molecule has 1 saturated heterocycles. The van der Waals surface area contributed by atoms with Crippen LogP contribution in [0.25, 0.3) is 0 Å². The lowest BCUT2D eigenvalue weighted by atomic mass is 10.1. The average molecular weight is 429 g/mol. The van der Waals surface area contributed by atoms with Crippen LogP contribution in [0.4, 0.5) is 0 Å². The molecule has 2 heterocycles. The van der Waals surface area contributed by atoms with Gasteiger partial charge in [-0.05, 0) is 43.5 Å². The largest absolute Gasteiger partial charge is 0.497 e. The topological polar surface area (TPSA) is 67.2 Å². The average Bonchev–Trinajstić information content (AvgIpc) is 3.21. The Bertz CT molecular complexity index is 842. The molecule has 170 valence electrons. The van der Waals surface area contributed by atoms with Crippen LogP contribution < -0.4 is 14.8 Å². The molecular weight excluding hydrogens is 392 g/mol. The maximum Gasteiger partial charge on any atom is 0.194 e. The first kappa shape index (κ1) is 22.9. The lowest BCUT2D eigenvalue weighted by Crippen LogP contribution is -2.52. The van der Waals surface area contributed by atoms with Gasteiger partial charge in [-0.1, -0.05) is 0 Å². The quantitative estimate of drug-likeness (QED) is 0.375.